The van der Waals surface area contributed by atoms with Gasteiger partial charge in [-0.2, -0.15) is 0 Å². The normalized spacial score (nSPS) is 29.5. The second-order valence-electron chi connectivity index (χ2n) is 2.29. The quantitative estimate of drug-likeness (QED) is 0.633. The lowest BCUT2D eigenvalue weighted by Crippen LogP contribution is -2.29. The molecule has 0 aromatic rings. The van der Waals surface area contributed by atoms with Crippen LogP contribution in [0.4, 0.5) is 0 Å². The molecule has 1 aliphatic rings. The third kappa shape index (κ3) is 1.84. The zero-order valence-corrected chi connectivity index (χ0v) is 7.46. The van der Waals surface area contributed by atoms with Crippen molar-refractivity contribution in [1.82, 2.24) is 5.32 Å². The first-order valence-electron chi connectivity index (χ1n) is 3.05. The van der Waals surface area contributed by atoms with Gasteiger partial charge in [-0.05, 0) is 19.9 Å². The van der Waals surface area contributed by atoms with E-state index in [1.807, 2.05) is 0 Å². The molecule has 1 heterocycles. The highest BCUT2D eigenvalue weighted by molar-refractivity contribution is 7.92. The van der Waals surface area contributed by atoms with Crippen LogP contribution in [0.3, 0.4) is 0 Å². The van der Waals surface area contributed by atoms with E-state index in [0.717, 1.165) is 12.8 Å². The predicted molar refractivity (Wildman–Crippen MR) is 43.1 cm³/mol. The van der Waals surface area contributed by atoms with Crippen LogP contribution in [-0.2, 0) is 9.84 Å². The average Bonchev–Trinajstić information content (AvgIpc) is 2.08. The van der Waals surface area contributed by atoms with Gasteiger partial charge < -0.3 is 5.32 Å². The van der Waals surface area contributed by atoms with Crippen molar-refractivity contribution < 1.29 is 8.42 Å². The van der Waals surface area contributed by atoms with Crippen LogP contribution < -0.4 is 5.32 Å². The van der Waals surface area contributed by atoms with Gasteiger partial charge in [0, 0.05) is 0 Å². The summed E-state index contributed by atoms with van der Waals surface area (Å²) in [5.74, 6) is 0.360. The van der Waals surface area contributed by atoms with Gasteiger partial charge in [-0.1, -0.05) is 0 Å². The lowest BCUT2D eigenvalue weighted by atomic mass is 10.3. The Morgan fingerprint density at radius 3 is 2.30 bits per heavy atom. The first-order chi connectivity index (χ1) is 4.17. The van der Waals surface area contributed by atoms with Crippen LogP contribution >= 0.6 is 12.4 Å². The predicted octanol–water partition coefficient (Wildman–Crippen LogP) is 0.162. The summed E-state index contributed by atoms with van der Waals surface area (Å²) in [6.07, 6.45) is 1.59. The summed E-state index contributed by atoms with van der Waals surface area (Å²) in [6, 6.07) is 0. The van der Waals surface area contributed by atoms with E-state index in [9.17, 15) is 8.42 Å². The van der Waals surface area contributed by atoms with Crippen molar-refractivity contribution in [3.8, 4) is 0 Å². The summed E-state index contributed by atoms with van der Waals surface area (Å²) in [5.41, 5.74) is 0. The Hall–Kier alpha value is 0.200. The number of hydrogen-bond acceptors (Lipinski definition) is 3. The molecule has 1 fully saturated rings. The minimum Gasteiger partial charge on any atom is -0.304 e. The van der Waals surface area contributed by atoms with Crippen LogP contribution in [0.2, 0.25) is 0 Å². The summed E-state index contributed by atoms with van der Waals surface area (Å²) in [5, 5.41) is 2.50. The summed E-state index contributed by atoms with van der Waals surface area (Å²) in [7, 11) is -1.06. The minimum atomic E-state index is -2.75. The Bertz CT molecular complexity index is 190. The zero-order chi connectivity index (χ0) is 6.91. The van der Waals surface area contributed by atoms with Crippen molar-refractivity contribution in [1.29, 1.82) is 0 Å². The number of nitrogens with one attached hydrogen (secondary N) is 1. The Kier molecular flexibility index (Phi) is 3.62. The smallest absolute Gasteiger partial charge is 0.166 e. The summed E-state index contributed by atoms with van der Waals surface area (Å²) in [6.45, 7) is 0. The monoisotopic (exact) mass is 185 g/mol. The summed E-state index contributed by atoms with van der Waals surface area (Å²) in [4.78, 5) is 0. The van der Waals surface area contributed by atoms with Gasteiger partial charge in [-0.15, -0.1) is 12.4 Å². The molecule has 5 heteroatoms. The lowest BCUT2D eigenvalue weighted by molar-refractivity contribution is 0.576. The molecule has 0 aromatic carbocycles. The van der Waals surface area contributed by atoms with Gasteiger partial charge in [0.2, 0.25) is 0 Å². The largest absolute Gasteiger partial charge is 0.304 e. The third-order valence-corrected chi connectivity index (χ3v) is 3.85. The maximum Gasteiger partial charge on any atom is 0.166 e. The highest BCUT2D eigenvalue weighted by atomic mass is 35.5. The lowest BCUT2D eigenvalue weighted by Gasteiger charge is -2.04. The molecule has 0 saturated carbocycles. The van der Waals surface area contributed by atoms with Crippen molar-refractivity contribution in [2.45, 2.75) is 18.2 Å². The van der Waals surface area contributed by atoms with E-state index < -0.39 is 9.84 Å². The maximum absolute atomic E-state index is 10.9. The van der Waals surface area contributed by atoms with Gasteiger partial charge in [0.1, 0.15) is 5.37 Å². The van der Waals surface area contributed by atoms with Crippen LogP contribution in [-0.4, -0.2) is 26.6 Å². The van der Waals surface area contributed by atoms with E-state index in [-0.39, 0.29) is 17.8 Å². The van der Waals surface area contributed by atoms with Gasteiger partial charge in [-0.25, -0.2) is 8.42 Å². The Morgan fingerprint density at radius 1 is 1.50 bits per heavy atom. The van der Waals surface area contributed by atoms with Gasteiger partial charge in [0.15, 0.2) is 9.84 Å². The molecule has 1 N–H and O–H groups in total. The highest BCUT2D eigenvalue weighted by Gasteiger charge is 2.29. The fourth-order valence-corrected chi connectivity index (χ4v) is 2.85. The molecule has 1 saturated heterocycles. The van der Waals surface area contributed by atoms with Gasteiger partial charge in [0.25, 0.3) is 0 Å². The van der Waals surface area contributed by atoms with E-state index in [1.165, 1.54) is 0 Å². The average molecular weight is 186 g/mol. The van der Waals surface area contributed by atoms with Crippen LogP contribution in [0.25, 0.3) is 0 Å². The molecule has 0 bridgehead atoms. The van der Waals surface area contributed by atoms with Crippen LogP contribution in [0.5, 0.6) is 0 Å². The Labute approximate surface area is 67.5 Å². The number of halogens is 1. The number of rotatable bonds is 1. The van der Waals surface area contributed by atoms with Crippen molar-refractivity contribution in [2.24, 2.45) is 0 Å². The van der Waals surface area contributed by atoms with Crippen molar-refractivity contribution in [3.05, 3.63) is 0 Å². The molecule has 10 heavy (non-hydrogen) atoms. The van der Waals surface area contributed by atoms with Crippen LogP contribution in [0.1, 0.15) is 12.8 Å². The molecular formula is C5H12ClNO2S. The van der Waals surface area contributed by atoms with E-state index in [2.05, 4.69) is 5.32 Å². The van der Waals surface area contributed by atoms with Crippen molar-refractivity contribution >= 4 is 22.2 Å². The van der Waals surface area contributed by atoms with Crippen LogP contribution in [0.15, 0.2) is 0 Å². The molecule has 3 nitrogen and oxygen atoms in total. The second kappa shape index (κ2) is 3.55. The fraction of sp³-hybridized carbons (Fsp3) is 1.00. The molecular weight excluding hydrogens is 174 g/mol. The topological polar surface area (TPSA) is 46.2 Å². The molecule has 0 radical (unpaired) electrons. The van der Waals surface area contributed by atoms with Crippen molar-refractivity contribution in [3.63, 3.8) is 0 Å². The molecule has 0 amide bonds. The van der Waals surface area contributed by atoms with E-state index in [4.69, 9.17) is 0 Å². The molecule has 1 unspecified atom stereocenters. The first-order valence-corrected chi connectivity index (χ1v) is 4.77. The van der Waals surface area contributed by atoms with Gasteiger partial charge in [-0.3, -0.25) is 0 Å². The molecule has 1 atom stereocenters. The number of sulfone groups is 1. The third-order valence-electron chi connectivity index (χ3n) is 1.65. The summed E-state index contributed by atoms with van der Waals surface area (Å²) >= 11 is 0. The molecule has 62 valence electrons. The van der Waals surface area contributed by atoms with E-state index >= 15 is 0 Å². The van der Waals surface area contributed by atoms with E-state index in [0.29, 0.717) is 5.75 Å². The first kappa shape index (κ1) is 10.2. The van der Waals surface area contributed by atoms with Crippen LogP contribution in [0, 0.1) is 0 Å². The SMILES string of the molecule is CNC1CCCS1(=O)=O.Cl. The second-order valence-corrected chi connectivity index (χ2v) is 4.59. The van der Waals surface area contributed by atoms with E-state index in [1.54, 1.807) is 7.05 Å². The molecule has 1 aliphatic heterocycles. The fourth-order valence-electron chi connectivity index (χ4n) is 1.12. The number of hydrogen-bond donors (Lipinski definition) is 1. The molecule has 0 aromatic heterocycles. The molecule has 0 aliphatic carbocycles. The zero-order valence-electron chi connectivity index (χ0n) is 5.83. The maximum atomic E-state index is 10.9. The van der Waals surface area contributed by atoms with Crippen molar-refractivity contribution in [2.75, 3.05) is 12.8 Å². The molecule has 0 spiro atoms. The summed E-state index contributed by atoms with van der Waals surface area (Å²) < 4.78 is 21.9. The Morgan fingerprint density at radius 2 is 2.10 bits per heavy atom. The highest BCUT2D eigenvalue weighted by Crippen LogP contribution is 2.16. The van der Waals surface area contributed by atoms with Gasteiger partial charge in [0.05, 0.1) is 5.75 Å². The Balaban J connectivity index is 0.000000810. The molecule has 1 rings (SSSR count). The minimum absolute atomic E-state index is 0. The standard InChI is InChI=1S/C5H11NO2S.ClH/c1-6-5-3-2-4-9(5,7)8;/h5-6H,2-4H2,1H3;1H. The van der Waals surface area contributed by atoms with Gasteiger partial charge >= 0.3 is 0 Å².